The van der Waals surface area contributed by atoms with E-state index in [0.29, 0.717) is 23.5 Å². The van der Waals surface area contributed by atoms with E-state index >= 15 is 0 Å². The van der Waals surface area contributed by atoms with Gasteiger partial charge in [-0.25, -0.2) is 9.59 Å². The van der Waals surface area contributed by atoms with Crippen LogP contribution in [0.3, 0.4) is 0 Å². The molecule has 1 heterocycles. The highest BCUT2D eigenvalue weighted by atomic mass is 16.5. The number of benzene rings is 1. The first-order valence-corrected chi connectivity index (χ1v) is 9.05. The van der Waals surface area contributed by atoms with Crippen molar-refractivity contribution in [2.24, 2.45) is 0 Å². The summed E-state index contributed by atoms with van der Waals surface area (Å²) in [6.45, 7) is 1.33. The topological polar surface area (TPSA) is 143 Å². The average molecular weight is 417 g/mol. The lowest BCUT2D eigenvalue weighted by Gasteiger charge is -2.11. The fraction of sp³-hybridized carbons (Fsp3) is 0.300. The number of nitrogens with zero attached hydrogens (tertiary/aromatic N) is 1. The van der Waals surface area contributed by atoms with E-state index < -0.39 is 35.2 Å². The summed E-state index contributed by atoms with van der Waals surface area (Å²) < 4.78 is 16.4. The van der Waals surface area contributed by atoms with Crippen LogP contribution in [0.15, 0.2) is 33.9 Å². The predicted molar refractivity (Wildman–Crippen MR) is 110 cm³/mol. The Hall–Kier alpha value is -3.82. The molecule has 2 rings (SSSR count). The van der Waals surface area contributed by atoms with Crippen LogP contribution in [0.25, 0.3) is 6.08 Å². The normalized spacial score (nSPS) is 10.8. The molecule has 0 aliphatic heterocycles. The molecule has 0 aliphatic rings. The van der Waals surface area contributed by atoms with Crippen molar-refractivity contribution in [3.8, 4) is 11.5 Å². The number of hydrogen-bond acceptors (Lipinski definition) is 8. The Labute approximate surface area is 171 Å². The zero-order valence-corrected chi connectivity index (χ0v) is 16.9. The van der Waals surface area contributed by atoms with Gasteiger partial charge in [-0.3, -0.25) is 19.1 Å². The van der Waals surface area contributed by atoms with E-state index in [1.165, 1.54) is 20.3 Å². The van der Waals surface area contributed by atoms with E-state index in [2.05, 4.69) is 0 Å². The van der Waals surface area contributed by atoms with Gasteiger partial charge in [-0.2, -0.15) is 0 Å². The van der Waals surface area contributed by atoms with Gasteiger partial charge in [-0.05, 0) is 18.6 Å². The van der Waals surface area contributed by atoms with E-state index in [4.69, 9.17) is 19.9 Å². The molecule has 2 aromatic rings. The SMILES string of the molecule is CCCn1c(N)c(C(=O)COC(=O)/C=C/c2cccc(OC)c2OC)c(=O)[nH]c1=O. The summed E-state index contributed by atoms with van der Waals surface area (Å²) in [6.07, 6.45) is 3.12. The number of ether oxygens (including phenoxy) is 3. The lowest BCUT2D eigenvalue weighted by Crippen LogP contribution is -2.37. The molecule has 1 aromatic heterocycles. The summed E-state index contributed by atoms with van der Waals surface area (Å²) in [5, 5.41) is 0. The number of carbonyl (C=O) groups excluding carboxylic acids is 2. The molecule has 160 valence electrons. The van der Waals surface area contributed by atoms with Crippen molar-refractivity contribution in [3.63, 3.8) is 0 Å². The van der Waals surface area contributed by atoms with Crippen LogP contribution in [0.4, 0.5) is 5.82 Å². The van der Waals surface area contributed by atoms with Crippen molar-refractivity contribution >= 4 is 23.6 Å². The van der Waals surface area contributed by atoms with Gasteiger partial charge in [0.05, 0.1) is 14.2 Å². The van der Waals surface area contributed by atoms with Crippen LogP contribution in [0.2, 0.25) is 0 Å². The van der Waals surface area contributed by atoms with E-state index in [-0.39, 0.29) is 12.4 Å². The fourth-order valence-electron chi connectivity index (χ4n) is 2.76. The van der Waals surface area contributed by atoms with Gasteiger partial charge < -0.3 is 19.9 Å². The number of esters is 1. The molecule has 0 saturated heterocycles. The molecule has 0 amide bonds. The number of aromatic amines is 1. The fourth-order valence-corrected chi connectivity index (χ4v) is 2.76. The van der Waals surface area contributed by atoms with E-state index in [1.54, 1.807) is 18.2 Å². The minimum absolute atomic E-state index is 0.229. The number of methoxy groups -OCH3 is 2. The summed E-state index contributed by atoms with van der Waals surface area (Å²) >= 11 is 0. The number of anilines is 1. The predicted octanol–water partition coefficient (Wildman–Crippen LogP) is 0.985. The number of aromatic nitrogens is 2. The molecule has 0 unspecified atom stereocenters. The number of nitrogen functional groups attached to an aromatic ring is 1. The number of hydrogen-bond donors (Lipinski definition) is 2. The van der Waals surface area contributed by atoms with Crippen molar-refractivity contribution < 1.29 is 23.8 Å². The first-order valence-electron chi connectivity index (χ1n) is 9.05. The lowest BCUT2D eigenvalue weighted by atomic mass is 10.1. The molecule has 0 fully saturated rings. The Morgan fingerprint density at radius 2 is 1.93 bits per heavy atom. The molecule has 0 radical (unpaired) electrons. The molecule has 0 saturated carbocycles. The van der Waals surface area contributed by atoms with Crippen molar-refractivity contribution in [3.05, 3.63) is 56.2 Å². The lowest BCUT2D eigenvalue weighted by molar-refractivity contribution is -0.136. The number of nitrogens with one attached hydrogen (secondary N) is 1. The molecule has 3 N–H and O–H groups in total. The monoisotopic (exact) mass is 417 g/mol. The van der Waals surface area contributed by atoms with Crippen LogP contribution in [-0.2, 0) is 16.1 Å². The van der Waals surface area contributed by atoms with E-state index in [9.17, 15) is 19.2 Å². The standard InChI is InChI=1S/C20H23N3O7/c1-4-10-23-18(21)16(19(26)22-20(23)27)13(24)11-30-15(25)9-8-12-6-5-7-14(28-2)17(12)29-3/h5-9H,4,10-11,21H2,1-3H3,(H,22,26,27)/b9-8+. The second-order valence-corrected chi connectivity index (χ2v) is 6.12. The summed E-state index contributed by atoms with van der Waals surface area (Å²) in [5.41, 5.74) is 4.32. The number of ketones is 1. The maximum Gasteiger partial charge on any atom is 0.331 e. The second-order valence-electron chi connectivity index (χ2n) is 6.12. The minimum atomic E-state index is -0.928. The van der Waals surface area contributed by atoms with Gasteiger partial charge in [0, 0.05) is 18.2 Å². The summed E-state index contributed by atoms with van der Waals surface area (Å²) in [4.78, 5) is 50.2. The first kappa shape index (κ1) is 22.5. The summed E-state index contributed by atoms with van der Waals surface area (Å²) in [6, 6.07) is 5.12. The van der Waals surface area contributed by atoms with E-state index in [0.717, 1.165) is 10.6 Å². The van der Waals surface area contributed by atoms with Gasteiger partial charge in [0.15, 0.2) is 18.1 Å². The number of carbonyl (C=O) groups is 2. The average Bonchev–Trinajstić information content (AvgIpc) is 2.72. The third-order valence-corrected chi connectivity index (χ3v) is 4.14. The maximum atomic E-state index is 12.4. The molecular weight excluding hydrogens is 394 g/mol. The molecule has 0 spiro atoms. The Balaban J connectivity index is 2.13. The van der Waals surface area contributed by atoms with Crippen LogP contribution in [0.1, 0.15) is 29.3 Å². The highest BCUT2D eigenvalue weighted by molar-refractivity contribution is 6.01. The summed E-state index contributed by atoms with van der Waals surface area (Å²) in [7, 11) is 2.95. The third kappa shape index (κ3) is 4.96. The van der Waals surface area contributed by atoms with Crippen LogP contribution >= 0.6 is 0 Å². The number of Topliss-reactive ketones (excluding diaryl/α,β-unsaturated/α-hetero) is 1. The number of H-pyrrole nitrogens is 1. The molecule has 0 bridgehead atoms. The quantitative estimate of drug-likeness (QED) is 0.349. The number of para-hydroxylation sites is 1. The molecule has 1 aromatic carbocycles. The molecule has 0 aliphatic carbocycles. The smallest absolute Gasteiger partial charge is 0.331 e. The zero-order valence-electron chi connectivity index (χ0n) is 16.9. The highest BCUT2D eigenvalue weighted by Crippen LogP contribution is 2.31. The number of nitrogens with two attached hydrogens (primary N) is 1. The van der Waals surface area contributed by atoms with Crippen LogP contribution < -0.4 is 26.5 Å². The van der Waals surface area contributed by atoms with Crippen LogP contribution in [0, 0.1) is 0 Å². The molecule has 10 heteroatoms. The second kappa shape index (κ2) is 10.1. The van der Waals surface area contributed by atoms with Crippen molar-refractivity contribution in [2.75, 3.05) is 26.6 Å². The first-order chi connectivity index (χ1) is 14.3. The molecule has 30 heavy (non-hydrogen) atoms. The summed E-state index contributed by atoms with van der Waals surface area (Å²) in [5.74, 6) is -0.981. The van der Waals surface area contributed by atoms with Gasteiger partial charge in [0.2, 0.25) is 5.78 Å². The van der Waals surface area contributed by atoms with Gasteiger partial charge in [-0.15, -0.1) is 0 Å². The van der Waals surface area contributed by atoms with Crippen LogP contribution in [0.5, 0.6) is 11.5 Å². The highest BCUT2D eigenvalue weighted by Gasteiger charge is 2.20. The largest absolute Gasteiger partial charge is 0.493 e. The number of rotatable bonds is 9. The van der Waals surface area contributed by atoms with Gasteiger partial charge in [0.25, 0.3) is 5.56 Å². The Kier molecular flexibility index (Phi) is 7.56. The van der Waals surface area contributed by atoms with Crippen molar-refractivity contribution in [1.82, 2.24) is 9.55 Å². The van der Waals surface area contributed by atoms with Gasteiger partial charge in [-0.1, -0.05) is 19.1 Å². The third-order valence-electron chi connectivity index (χ3n) is 4.14. The molecule has 10 nitrogen and oxygen atoms in total. The van der Waals surface area contributed by atoms with Gasteiger partial charge in [0.1, 0.15) is 11.4 Å². The van der Waals surface area contributed by atoms with Crippen LogP contribution in [-0.4, -0.2) is 42.1 Å². The van der Waals surface area contributed by atoms with Crippen molar-refractivity contribution in [2.45, 2.75) is 19.9 Å². The zero-order chi connectivity index (χ0) is 22.3. The molecular formula is C20H23N3O7. The van der Waals surface area contributed by atoms with Crippen molar-refractivity contribution in [1.29, 1.82) is 0 Å². The minimum Gasteiger partial charge on any atom is -0.493 e. The maximum absolute atomic E-state index is 12.4. The van der Waals surface area contributed by atoms with E-state index in [1.807, 2.05) is 11.9 Å². The Morgan fingerprint density at radius 3 is 2.57 bits per heavy atom. The molecule has 0 atom stereocenters. The van der Waals surface area contributed by atoms with Gasteiger partial charge >= 0.3 is 11.7 Å². The Morgan fingerprint density at radius 1 is 1.20 bits per heavy atom. The Bertz CT molecular complexity index is 1080.